The summed E-state index contributed by atoms with van der Waals surface area (Å²) in [6, 6.07) is 0.628. The summed E-state index contributed by atoms with van der Waals surface area (Å²) in [5, 5.41) is 18.7. The molecular formula is C14H24N4O. The highest BCUT2D eigenvalue weighted by Gasteiger charge is 2.28. The number of hydrogen-bond acceptors (Lipinski definition) is 4. The first-order valence-corrected chi connectivity index (χ1v) is 7.50. The van der Waals surface area contributed by atoms with Crippen LogP contribution in [0.1, 0.15) is 51.0 Å². The number of hydrogen-bond donors (Lipinski definition) is 1. The molecule has 2 atom stereocenters. The SMILES string of the molecule is CC(C)N1CCC(Cc2nnc3n2C(O)CCC3)C1. The lowest BCUT2D eigenvalue weighted by atomic mass is 10.0. The van der Waals surface area contributed by atoms with Crippen LogP contribution in [0.3, 0.4) is 0 Å². The summed E-state index contributed by atoms with van der Waals surface area (Å²) < 4.78 is 1.97. The minimum absolute atomic E-state index is 0.406. The van der Waals surface area contributed by atoms with E-state index < -0.39 is 6.23 Å². The van der Waals surface area contributed by atoms with Gasteiger partial charge in [0.25, 0.3) is 0 Å². The Hall–Kier alpha value is -0.940. The van der Waals surface area contributed by atoms with Gasteiger partial charge in [0.2, 0.25) is 0 Å². The van der Waals surface area contributed by atoms with Gasteiger partial charge in [-0.1, -0.05) is 0 Å². The van der Waals surface area contributed by atoms with Crippen molar-refractivity contribution < 1.29 is 5.11 Å². The van der Waals surface area contributed by atoms with E-state index in [0.717, 1.165) is 43.9 Å². The summed E-state index contributed by atoms with van der Waals surface area (Å²) in [5.41, 5.74) is 0. The van der Waals surface area contributed by atoms with Crippen molar-refractivity contribution in [2.24, 2.45) is 5.92 Å². The molecule has 1 aromatic heterocycles. The molecule has 1 aromatic rings. The molecule has 0 aromatic carbocycles. The van der Waals surface area contributed by atoms with E-state index in [1.54, 1.807) is 0 Å². The van der Waals surface area contributed by atoms with E-state index in [0.29, 0.717) is 12.0 Å². The molecular weight excluding hydrogens is 240 g/mol. The molecule has 1 saturated heterocycles. The molecule has 1 N–H and O–H groups in total. The summed E-state index contributed by atoms with van der Waals surface area (Å²) in [6.45, 7) is 6.85. The van der Waals surface area contributed by atoms with E-state index in [4.69, 9.17) is 0 Å². The molecule has 0 amide bonds. The molecule has 0 aliphatic carbocycles. The molecule has 5 heteroatoms. The number of fused-ring (bicyclic) bond motifs is 1. The van der Waals surface area contributed by atoms with Crippen LogP contribution in [0.4, 0.5) is 0 Å². The lowest BCUT2D eigenvalue weighted by molar-refractivity contribution is 0.0742. The fourth-order valence-corrected chi connectivity index (χ4v) is 3.34. The highest BCUT2D eigenvalue weighted by atomic mass is 16.3. The molecule has 19 heavy (non-hydrogen) atoms. The van der Waals surface area contributed by atoms with E-state index in [2.05, 4.69) is 28.9 Å². The van der Waals surface area contributed by atoms with Crippen molar-refractivity contribution in [2.45, 2.75) is 58.2 Å². The maximum Gasteiger partial charge on any atom is 0.135 e. The van der Waals surface area contributed by atoms with Crippen LogP contribution in [-0.4, -0.2) is 43.9 Å². The van der Waals surface area contributed by atoms with Gasteiger partial charge in [0, 0.05) is 25.4 Å². The molecule has 0 saturated carbocycles. The summed E-state index contributed by atoms with van der Waals surface area (Å²) in [5.74, 6) is 2.61. The molecule has 0 spiro atoms. The average molecular weight is 264 g/mol. The smallest absolute Gasteiger partial charge is 0.135 e. The van der Waals surface area contributed by atoms with Gasteiger partial charge in [-0.3, -0.25) is 4.57 Å². The van der Waals surface area contributed by atoms with Crippen LogP contribution < -0.4 is 0 Å². The highest BCUT2D eigenvalue weighted by Crippen LogP contribution is 2.27. The van der Waals surface area contributed by atoms with Crippen molar-refractivity contribution in [1.29, 1.82) is 0 Å². The second-order valence-corrected chi connectivity index (χ2v) is 6.22. The van der Waals surface area contributed by atoms with Crippen molar-refractivity contribution in [3.63, 3.8) is 0 Å². The van der Waals surface area contributed by atoms with Crippen molar-refractivity contribution in [2.75, 3.05) is 13.1 Å². The average Bonchev–Trinajstić information content (AvgIpc) is 2.98. The van der Waals surface area contributed by atoms with E-state index in [1.807, 2.05) is 4.57 Å². The Morgan fingerprint density at radius 1 is 1.32 bits per heavy atom. The van der Waals surface area contributed by atoms with Gasteiger partial charge in [0.15, 0.2) is 0 Å². The third kappa shape index (κ3) is 2.54. The summed E-state index contributed by atoms with van der Waals surface area (Å²) >= 11 is 0. The predicted molar refractivity (Wildman–Crippen MR) is 72.7 cm³/mol. The lowest BCUT2D eigenvalue weighted by Crippen LogP contribution is -2.28. The van der Waals surface area contributed by atoms with Crippen LogP contribution >= 0.6 is 0 Å². The number of nitrogens with zero attached hydrogens (tertiary/aromatic N) is 4. The maximum atomic E-state index is 10.1. The second-order valence-electron chi connectivity index (χ2n) is 6.22. The first kappa shape index (κ1) is 13.1. The third-order valence-electron chi connectivity index (χ3n) is 4.52. The zero-order valence-corrected chi connectivity index (χ0v) is 11.9. The third-order valence-corrected chi connectivity index (χ3v) is 4.52. The van der Waals surface area contributed by atoms with Crippen LogP contribution in [-0.2, 0) is 12.8 Å². The topological polar surface area (TPSA) is 54.2 Å². The molecule has 3 rings (SSSR count). The lowest BCUT2D eigenvalue weighted by Gasteiger charge is -2.23. The summed E-state index contributed by atoms with van der Waals surface area (Å²) in [6.07, 6.45) is 4.58. The molecule has 1 fully saturated rings. The minimum Gasteiger partial charge on any atom is -0.373 e. The van der Waals surface area contributed by atoms with Crippen molar-refractivity contribution in [3.8, 4) is 0 Å². The zero-order chi connectivity index (χ0) is 13.4. The zero-order valence-electron chi connectivity index (χ0n) is 11.9. The largest absolute Gasteiger partial charge is 0.373 e. The van der Waals surface area contributed by atoms with Gasteiger partial charge in [-0.15, -0.1) is 10.2 Å². The Balaban J connectivity index is 1.70. The molecule has 0 bridgehead atoms. The van der Waals surface area contributed by atoms with Crippen LogP contribution in [0.15, 0.2) is 0 Å². The molecule has 3 heterocycles. The van der Waals surface area contributed by atoms with E-state index in [-0.39, 0.29) is 0 Å². The van der Waals surface area contributed by atoms with E-state index in [9.17, 15) is 5.11 Å². The molecule has 2 aliphatic heterocycles. The summed E-state index contributed by atoms with van der Waals surface area (Å²) in [7, 11) is 0. The summed E-state index contributed by atoms with van der Waals surface area (Å²) in [4.78, 5) is 2.52. The number of aryl methyl sites for hydroxylation is 1. The van der Waals surface area contributed by atoms with E-state index in [1.165, 1.54) is 13.0 Å². The first-order valence-electron chi connectivity index (χ1n) is 7.50. The van der Waals surface area contributed by atoms with Gasteiger partial charge in [-0.2, -0.15) is 0 Å². The molecule has 106 valence electrons. The van der Waals surface area contributed by atoms with Gasteiger partial charge in [-0.05, 0) is 45.6 Å². The number of aliphatic hydroxyl groups excluding tert-OH is 1. The van der Waals surface area contributed by atoms with Crippen molar-refractivity contribution in [3.05, 3.63) is 11.6 Å². The second kappa shape index (κ2) is 5.21. The quantitative estimate of drug-likeness (QED) is 0.896. The van der Waals surface area contributed by atoms with Crippen LogP contribution in [0, 0.1) is 5.92 Å². The Morgan fingerprint density at radius 3 is 2.89 bits per heavy atom. The van der Waals surface area contributed by atoms with Crippen molar-refractivity contribution in [1.82, 2.24) is 19.7 Å². The predicted octanol–water partition coefficient (Wildman–Crippen LogP) is 1.38. The number of aromatic nitrogens is 3. The van der Waals surface area contributed by atoms with Crippen LogP contribution in [0.25, 0.3) is 0 Å². The number of likely N-dealkylation sites (tertiary alicyclic amines) is 1. The fraction of sp³-hybridized carbons (Fsp3) is 0.857. The Bertz CT molecular complexity index is 443. The number of aliphatic hydroxyl groups is 1. The van der Waals surface area contributed by atoms with E-state index >= 15 is 0 Å². The molecule has 0 radical (unpaired) electrons. The standard InChI is InChI=1S/C14H24N4O/c1-10(2)17-7-6-11(9-17)8-13-16-15-12-4-3-5-14(19)18(12)13/h10-11,14,19H,3-9H2,1-2H3. The first-order chi connectivity index (χ1) is 9.15. The Kier molecular flexibility index (Phi) is 3.58. The number of rotatable bonds is 3. The minimum atomic E-state index is -0.406. The molecule has 5 nitrogen and oxygen atoms in total. The fourth-order valence-electron chi connectivity index (χ4n) is 3.34. The maximum absolute atomic E-state index is 10.1. The Labute approximate surface area is 114 Å². The normalized spacial score (nSPS) is 28.0. The van der Waals surface area contributed by atoms with Gasteiger partial charge in [0.1, 0.15) is 17.9 Å². The monoisotopic (exact) mass is 264 g/mol. The van der Waals surface area contributed by atoms with Gasteiger partial charge in [-0.25, -0.2) is 0 Å². The van der Waals surface area contributed by atoms with Crippen molar-refractivity contribution >= 4 is 0 Å². The highest BCUT2D eigenvalue weighted by molar-refractivity contribution is 5.02. The molecule has 2 aliphatic rings. The van der Waals surface area contributed by atoms with Gasteiger partial charge >= 0.3 is 0 Å². The van der Waals surface area contributed by atoms with Crippen LogP contribution in [0.2, 0.25) is 0 Å². The van der Waals surface area contributed by atoms with Gasteiger partial charge < -0.3 is 10.0 Å². The van der Waals surface area contributed by atoms with Crippen LogP contribution in [0.5, 0.6) is 0 Å². The molecule has 2 unspecified atom stereocenters. The van der Waals surface area contributed by atoms with Gasteiger partial charge in [0.05, 0.1) is 0 Å². The Morgan fingerprint density at radius 2 is 2.16 bits per heavy atom.